The predicted molar refractivity (Wildman–Crippen MR) is 278 cm³/mol. The lowest BCUT2D eigenvalue weighted by Gasteiger charge is -2.28. The highest BCUT2D eigenvalue weighted by atomic mass is 31.2. The van der Waals surface area contributed by atoms with E-state index in [2.05, 4.69) is 38.2 Å². The number of esters is 2. The average molecular weight is 954 g/mol. The molecule has 0 saturated carbocycles. The quantitative estimate of drug-likeness (QED) is 0.0195. The number of phosphoric acid groups is 1. The molecule has 0 aliphatic carbocycles. The molecule has 66 heavy (non-hydrogen) atoms. The van der Waals surface area contributed by atoms with Crippen LogP contribution in [0.2, 0.25) is 0 Å². The third-order valence-corrected chi connectivity index (χ3v) is 13.4. The summed E-state index contributed by atoms with van der Waals surface area (Å²) < 4.78 is 34.1. The zero-order valence-electron chi connectivity index (χ0n) is 44.2. The Morgan fingerprint density at radius 1 is 0.470 bits per heavy atom. The molecule has 0 aromatic rings. The Labute approximate surface area is 409 Å². The van der Waals surface area contributed by atoms with Gasteiger partial charge < -0.3 is 27.9 Å². The van der Waals surface area contributed by atoms with Crippen molar-refractivity contribution in [3.63, 3.8) is 0 Å². The molecule has 0 amide bonds. The summed E-state index contributed by atoms with van der Waals surface area (Å²) >= 11 is 0. The maximum absolute atomic E-state index is 12.8. The third-order valence-electron chi connectivity index (χ3n) is 12.5. The van der Waals surface area contributed by atoms with Gasteiger partial charge in [0, 0.05) is 12.8 Å². The van der Waals surface area contributed by atoms with Gasteiger partial charge in [-0.2, -0.15) is 0 Å². The number of hydrogen-bond donors (Lipinski definition) is 0. The van der Waals surface area contributed by atoms with E-state index in [1.54, 1.807) is 0 Å². The molecule has 2 atom stereocenters. The number of likely N-dealkylation sites (N-methyl/N-ethyl adjacent to an activating group) is 1. The van der Waals surface area contributed by atoms with Gasteiger partial charge in [-0.3, -0.25) is 14.2 Å². The van der Waals surface area contributed by atoms with Crippen LogP contribution in [0, 0.1) is 0 Å². The molecule has 0 fully saturated rings. The average Bonchev–Trinajstić information content (AvgIpc) is 3.27. The molecule has 0 N–H and O–H groups in total. The minimum absolute atomic E-state index is 0.0293. The van der Waals surface area contributed by atoms with Crippen molar-refractivity contribution < 1.29 is 42.1 Å². The first-order valence-electron chi connectivity index (χ1n) is 28.0. The molecule has 390 valence electrons. The zero-order chi connectivity index (χ0) is 48.5. The Balaban J connectivity index is 4.17. The number of unbranched alkanes of at least 4 members (excludes halogenated alkanes) is 34. The van der Waals surface area contributed by atoms with Gasteiger partial charge in [0.2, 0.25) is 0 Å². The van der Waals surface area contributed by atoms with Crippen LogP contribution in [0.1, 0.15) is 271 Å². The molecule has 0 aromatic carbocycles. The third kappa shape index (κ3) is 51.9. The Kier molecular flexibility index (Phi) is 47.4. The number of phosphoric ester groups is 1. The fourth-order valence-corrected chi connectivity index (χ4v) is 8.83. The fraction of sp³-hybridized carbons (Fsp3) is 0.893. The highest BCUT2D eigenvalue weighted by Crippen LogP contribution is 2.38. The van der Waals surface area contributed by atoms with Gasteiger partial charge in [0.25, 0.3) is 7.82 Å². The number of nitrogens with zero attached hydrogens (tertiary/aromatic N) is 1. The van der Waals surface area contributed by atoms with E-state index in [1.807, 2.05) is 21.1 Å². The van der Waals surface area contributed by atoms with Crippen molar-refractivity contribution in [2.45, 2.75) is 277 Å². The van der Waals surface area contributed by atoms with Crippen LogP contribution in [-0.4, -0.2) is 70.0 Å². The van der Waals surface area contributed by atoms with E-state index in [4.69, 9.17) is 18.5 Å². The predicted octanol–water partition coefficient (Wildman–Crippen LogP) is 16.4. The van der Waals surface area contributed by atoms with E-state index in [9.17, 15) is 19.0 Å². The van der Waals surface area contributed by atoms with Crippen LogP contribution >= 0.6 is 7.82 Å². The first kappa shape index (κ1) is 64.5. The normalized spacial score (nSPS) is 13.5. The molecule has 0 aliphatic heterocycles. The van der Waals surface area contributed by atoms with E-state index < -0.39 is 26.5 Å². The van der Waals surface area contributed by atoms with Crippen LogP contribution in [-0.2, 0) is 32.7 Å². The summed E-state index contributed by atoms with van der Waals surface area (Å²) in [5.41, 5.74) is 0. The van der Waals surface area contributed by atoms with Crippen LogP contribution in [0.4, 0.5) is 0 Å². The minimum Gasteiger partial charge on any atom is -0.756 e. The van der Waals surface area contributed by atoms with Crippen LogP contribution in [0.3, 0.4) is 0 Å². The Morgan fingerprint density at radius 3 is 1.20 bits per heavy atom. The van der Waals surface area contributed by atoms with E-state index in [0.29, 0.717) is 17.4 Å². The molecule has 9 nitrogen and oxygen atoms in total. The lowest BCUT2D eigenvalue weighted by molar-refractivity contribution is -0.870. The maximum Gasteiger partial charge on any atom is 0.306 e. The summed E-state index contributed by atoms with van der Waals surface area (Å²) in [6.07, 6.45) is 56.4. The monoisotopic (exact) mass is 954 g/mol. The molecule has 0 bridgehead atoms. The zero-order valence-corrected chi connectivity index (χ0v) is 45.1. The molecule has 0 aliphatic rings. The summed E-state index contributed by atoms with van der Waals surface area (Å²) in [5, 5.41) is 0. The van der Waals surface area contributed by atoms with Crippen molar-refractivity contribution in [1.82, 2.24) is 0 Å². The molecule has 0 spiro atoms. The topological polar surface area (TPSA) is 111 Å². The second-order valence-electron chi connectivity index (χ2n) is 20.3. The van der Waals surface area contributed by atoms with Crippen molar-refractivity contribution in [3.05, 3.63) is 24.3 Å². The second kappa shape index (κ2) is 48.5. The highest BCUT2D eigenvalue weighted by Gasteiger charge is 2.22. The van der Waals surface area contributed by atoms with Crippen molar-refractivity contribution in [2.75, 3.05) is 47.5 Å². The van der Waals surface area contributed by atoms with Gasteiger partial charge in [-0.05, 0) is 44.9 Å². The summed E-state index contributed by atoms with van der Waals surface area (Å²) in [7, 11) is 1.18. The van der Waals surface area contributed by atoms with Crippen LogP contribution < -0.4 is 4.89 Å². The molecule has 2 unspecified atom stereocenters. The van der Waals surface area contributed by atoms with Crippen molar-refractivity contribution in [1.29, 1.82) is 0 Å². The molecule has 0 heterocycles. The summed E-state index contributed by atoms with van der Waals surface area (Å²) in [6, 6.07) is 0. The largest absolute Gasteiger partial charge is 0.756 e. The minimum atomic E-state index is -4.63. The van der Waals surface area contributed by atoms with Gasteiger partial charge in [0.05, 0.1) is 27.7 Å². The highest BCUT2D eigenvalue weighted by molar-refractivity contribution is 7.45. The van der Waals surface area contributed by atoms with Gasteiger partial charge in [-0.1, -0.05) is 237 Å². The van der Waals surface area contributed by atoms with Gasteiger partial charge in [-0.15, -0.1) is 0 Å². The summed E-state index contributed by atoms with van der Waals surface area (Å²) in [5.74, 6) is -0.823. The molecule has 0 rings (SSSR count). The second-order valence-corrected chi connectivity index (χ2v) is 21.7. The summed E-state index contributed by atoms with van der Waals surface area (Å²) in [6.45, 7) is 4.27. The number of ether oxygens (including phenoxy) is 2. The van der Waals surface area contributed by atoms with E-state index in [1.165, 1.54) is 186 Å². The number of allylic oxidation sites excluding steroid dienone is 4. The van der Waals surface area contributed by atoms with E-state index in [0.717, 1.165) is 51.4 Å². The Hall–Kier alpha value is -1.51. The number of rotatable bonds is 52. The molecular weight excluding hydrogens is 846 g/mol. The van der Waals surface area contributed by atoms with Gasteiger partial charge in [0.1, 0.15) is 19.8 Å². The number of quaternary nitrogens is 1. The number of carbonyl (C=O) groups is 2. The molecule has 10 heteroatoms. The van der Waals surface area contributed by atoms with Gasteiger partial charge in [-0.25, -0.2) is 0 Å². The summed E-state index contributed by atoms with van der Waals surface area (Å²) in [4.78, 5) is 37.8. The van der Waals surface area contributed by atoms with Gasteiger partial charge in [0.15, 0.2) is 6.10 Å². The van der Waals surface area contributed by atoms with Gasteiger partial charge >= 0.3 is 11.9 Å². The van der Waals surface area contributed by atoms with Crippen LogP contribution in [0.15, 0.2) is 24.3 Å². The Morgan fingerprint density at radius 2 is 0.818 bits per heavy atom. The van der Waals surface area contributed by atoms with E-state index in [-0.39, 0.29) is 32.0 Å². The molecule has 0 saturated heterocycles. The van der Waals surface area contributed by atoms with E-state index >= 15 is 0 Å². The lowest BCUT2D eigenvalue weighted by atomic mass is 10.0. The fourth-order valence-electron chi connectivity index (χ4n) is 8.10. The van der Waals surface area contributed by atoms with Crippen molar-refractivity contribution in [3.8, 4) is 0 Å². The number of carbonyl (C=O) groups excluding carboxylic acids is 2. The van der Waals surface area contributed by atoms with Crippen LogP contribution in [0.5, 0.6) is 0 Å². The SMILES string of the molecule is CCCCCCC/C=C\C/C=C\CCCCCCCCCCCC(=O)OC(COC(=O)CCCCCCCCCCCCCCCCCCCCCCC)COP(=O)([O-])OCC[N+](C)(C)C. The first-order valence-corrected chi connectivity index (χ1v) is 29.5. The van der Waals surface area contributed by atoms with Crippen LogP contribution in [0.25, 0.3) is 0 Å². The smallest absolute Gasteiger partial charge is 0.306 e. The molecule has 0 radical (unpaired) electrons. The standard InChI is InChI=1S/C56H108NO8P/c1-6-8-10-12-14-16-18-20-22-24-26-28-30-32-34-36-38-40-42-44-46-48-55(58)62-52-54(53-64-66(60,61)63-51-50-57(3,4)5)65-56(59)49-47-45-43-41-39-37-35-33-31-29-27-25-23-21-19-17-15-13-11-9-7-2/h19,21,25,27,54H,6-18,20,22-24,26,28-53H2,1-5H3/b21-19-,27-25-. The van der Waals surface area contributed by atoms with Crippen molar-refractivity contribution in [2.24, 2.45) is 0 Å². The molecular formula is C56H108NO8P. The first-order chi connectivity index (χ1) is 32.0. The molecule has 0 aromatic heterocycles. The Bertz CT molecular complexity index is 1170. The lowest BCUT2D eigenvalue weighted by Crippen LogP contribution is -2.37. The maximum atomic E-state index is 12.8. The number of hydrogen-bond acceptors (Lipinski definition) is 8. The van der Waals surface area contributed by atoms with Crippen molar-refractivity contribution >= 4 is 19.8 Å².